The molecule has 1 amide bonds. The lowest BCUT2D eigenvalue weighted by molar-refractivity contribution is -0.118. The number of aromatic nitrogens is 2. The van der Waals surface area contributed by atoms with Gasteiger partial charge in [-0.3, -0.25) is 4.79 Å². The number of nitrogens with two attached hydrogens (primary N) is 1. The third-order valence-electron chi connectivity index (χ3n) is 2.28. The predicted octanol–water partition coefficient (Wildman–Crippen LogP) is 0.730. The zero-order chi connectivity index (χ0) is 12.8. The van der Waals surface area contributed by atoms with Crippen LogP contribution in [0.3, 0.4) is 0 Å². The van der Waals surface area contributed by atoms with Crippen molar-refractivity contribution in [3.63, 3.8) is 0 Å². The largest absolute Gasteiger partial charge is 0.383 e. The van der Waals surface area contributed by atoms with E-state index in [0.29, 0.717) is 18.9 Å². The molecule has 0 aliphatic rings. The fourth-order valence-electron chi connectivity index (χ4n) is 1.54. The van der Waals surface area contributed by atoms with Crippen molar-refractivity contribution in [3.05, 3.63) is 11.9 Å². The number of hydrogen-bond donors (Lipinski definition) is 3. The van der Waals surface area contributed by atoms with Gasteiger partial charge in [0.25, 0.3) is 0 Å². The number of anilines is 2. The van der Waals surface area contributed by atoms with Crippen LogP contribution in [0.15, 0.2) is 6.33 Å². The van der Waals surface area contributed by atoms with Gasteiger partial charge in [0, 0.05) is 25.6 Å². The Balaban J connectivity index is 2.64. The van der Waals surface area contributed by atoms with Crippen LogP contribution in [0.25, 0.3) is 0 Å². The molecule has 17 heavy (non-hydrogen) atoms. The minimum absolute atomic E-state index is 0.0434. The average Bonchev–Trinajstić information content (AvgIpc) is 2.23. The van der Waals surface area contributed by atoms with Gasteiger partial charge in [0.15, 0.2) is 0 Å². The van der Waals surface area contributed by atoms with Crippen molar-refractivity contribution in [1.29, 1.82) is 0 Å². The molecule has 0 fully saturated rings. The van der Waals surface area contributed by atoms with Gasteiger partial charge < -0.3 is 16.4 Å². The van der Waals surface area contributed by atoms with Gasteiger partial charge in [0.2, 0.25) is 5.91 Å². The van der Waals surface area contributed by atoms with Crippen molar-refractivity contribution in [1.82, 2.24) is 15.3 Å². The summed E-state index contributed by atoms with van der Waals surface area (Å²) in [7, 11) is 0. The van der Waals surface area contributed by atoms with E-state index in [1.165, 1.54) is 13.3 Å². The third kappa shape index (κ3) is 3.90. The summed E-state index contributed by atoms with van der Waals surface area (Å²) in [6, 6.07) is 0. The van der Waals surface area contributed by atoms with E-state index in [-0.39, 0.29) is 11.8 Å². The molecular weight excluding hydrogens is 218 g/mol. The number of amides is 1. The second kappa shape index (κ2) is 6.03. The minimum Gasteiger partial charge on any atom is -0.383 e. The number of rotatable bonds is 5. The van der Waals surface area contributed by atoms with Crippen LogP contribution >= 0.6 is 0 Å². The van der Waals surface area contributed by atoms with E-state index in [4.69, 9.17) is 5.73 Å². The molecule has 1 aromatic heterocycles. The molecule has 1 heterocycles. The molecule has 0 atom stereocenters. The van der Waals surface area contributed by atoms with Crippen LogP contribution in [0.2, 0.25) is 0 Å². The van der Waals surface area contributed by atoms with Gasteiger partial charge in [-0.15, -0.1) is 0 Å². The fourth-order valence-corrected chi connectivity index (χ4v) is 1.54. The molecule has 6 heteroatoms. The van der Waals surface area contributed by atoms with Crippen molar-refractivity contribution >= 4 is 17.5 Å². The molecule has 0 saturated heterocycles. The van der Waals surface area contributed by atoms with Crippen LogP contribution in [0.1, 0.15) is 32.3 Å². The molecule has 0 bridgehead atoms. The molecule has 4 N–H and O–H groups in total. The predicted molar refractivity (Wildman–Crippen MR) is 67.7 cm³/mol. The van der Waals surface area contributed by atoms with E-state index < -0.39 is 0 Å². The van der Waals surface area contributed by atoms with Crippen LogP contribution in [-0.2, 0) is 4.79 Å². The molecule has 0 aromatic carbocycles. The van der Waals surface area contributed by atoms with Crippen LogP contribution in [0, 0.1) is 0 Å². The first-order chi connectivity index (χ1) is 8.02. The lowest BCUT2D eigenvalue weighted by Gasteiger charge is -2.14. The Morgan fingerprint density at radius 3 is 2.71 bits per heavy atom. The minimum atomic E-state index is -0.0434. The van der Waals surface area contributed by atoms with E-state index in [9.17, 15) is 4.79 Å². The lowest BCUT2D eigenvalue weighted by Crippen LogP contribution is -2.26. The molecule has 0 spiro atoms. The van der Waals surface area contributed by atoms with Crippen molar-refractivity contribution in [2.75, 3.05) is 24.1 Å². The number of carbonyl (C=O) groups is 1. The average molecular weight is 237 g/mol. The van der Waals surface area contributed by atoms with Crippen molar-refractivity contribution in [2.45, 2.75) is 26.7 Å². The maximum absolute atomic E-state index is 10.7. The van der Waals surface area contributed by atoms with Gasteiger partial charge in [-0.25, -0.2) is 9.97 Å². The summed E-state index contributed by atoms with van der Waals surface area (Å²) in [5.74, 6) is 1.44. The summed E-state index contributed by atoms with van der Waals surface area (Å²) in [5, 5.41) is 5.85. The van der Waals surface area contributed by atoms with Gasteiger partial charge in [-0.2, -0.15) is 0 Å². The Morgan fingerprint density at radius 2 is 2.12 bits per heavy atom. The zero-order valence-electron chi connectivity index (χ0n) is 10.4. The highest BCUT2D eigenvalue weighted by Crippen LogP contribution is 2.25. The second-order valence-electron chi connectivity index (χ2n) is 4.09. The molecule has 0 radical (unpaired) electrons. The maximum atomic E-state index is 10.7. The molecular formula is C11H19N5O. The Kier molecular flexibility index (Phi) is 4.68. The summed E-state index contributed by atoms with van der Waals surface area (Å²) in [5.41, 5.74) is 6.73. The Hall–Kier alpha value is -1.85. The normalized spacial score (nSPS) is 10.4. The molecule has 0 unspecified atom stereocenters. The van der Waals surface area contributed by atoms with E-state index in [0.717, 1.165) is 11.4 Å². The number of nitrogens with one attached hydrogen (secondary N) is 2. The third-order valence-corrected chi connectivity index (χ3v) is 2.28. The summed E-state index contributed by atoms with van der Waals surface area (Å²) in [4.78, 5) is 18.8. The Morgan fingerprint density at radius 1 is 1.41 bits per heavy atom. The summed E-state index contributed by atoms with van der Waals surface area (Å²) in [6.07, 6.45) is 1.43. The van der Waals surface area contributed by atoms with Gasteiger partial charge in [-0.05, 0) is 5.92 Å². The first kappa shape index (κ1) is 13.2. The molecule has 94 valence electrons. The summed E-state index contributed by atoms with van der Waals surface area (Å²) < 4.78 is 0. The first-order valence-corrected chi connectivity index (χ1v) is 5.61. The Labute approximate surface area is 101 Å². The van der Waals surface area contributed by atoms with Gasteiger partial charge >= 0.3 is 0 Å². The van der Waals surface area contributed by atoms with Crippen molar-refractivity contribution < 1.29 is 4.79 Å². The maximum Gasteiger partial charge on any atom is 0.216 e. The first-order valence-electron chi connectivity index (χ1n) is 5.61. The van der Waals surface area contributed by atoms with Crippen LogP contribution in [0.4, 0.5) is 11.6 Å². The molecule has 6 nitrogen and oxygen atoms in total. The second-order valence-corrected chi connectivity index (χ2v) is 4.09. The van der Waals surface area contributed by atoms with E-state index in [1.807, 2.05) is 13.8 Å². The van der Waals surface area contributed by atoms with E-state index >= 15 is 0 Å². The monoisotopic (exact) mass is 237 g/mol. The van der Waals surface area contributed by atoms with Gasteiger partial charge in [-0.1, -0.05) is 13.8 Å². The molecule has 1 aromatic rings. The number of hydrogen-bond acceptors (Lipinski definition) is 5. The zero-order valence-corrected chi connectivity index (χ0v) is 10.4. The van der Waals surface area contributed by atoms with Crippen LogP contribution < -0.4 is 16.4 Å². The van der Waals surface area contributed by atoms with E-state index in [2.05, 4.69) is 20.6 Å². The summed E-state index contributed by atoms with van der Waals surface area (Å²) >= 11 is 0. The number of carbonyl (C=O) groups excluding carboxylic acids is 1. The highest BCUT2D eigenvalue weighted by molar-refractivity contribution is 5.72. The number of nitrogens with zero attached hydrogens (tertiary/aromatic N) is 2. The molecule has 1 rings (SSSR count). The molecule has 0 aliphatic carbocycles. The SMILES string of the molecule is CC(=O)NCCNc1ncnc(N)c1C(C)C. The topological polar surface area (TPSA) is 92.9 Å². The quantitative estimate of drug-likeness (QED) is 0.656. The summed E-state index contributed by atoms with van der Waals surface area (Å²) in [6.45, 7) is 6.72. The van der Waals surface area contributed by atoms with Crippen LogP contribution in [-0.4, -0.2) is 29.0 Å². The smallest absolute Gasteiger partial charge is 0.216 e. The van der Waals surface area contributed by atoms with Crippen molar-refractivity contribution in [2.24, 2.45) is 0 Å². The standard InChI is InChI=1S/C11H19N5O/c1-7(2)9-10(12)15-6-16-11(9)14-5-4-13-8(3)17/h6-7H,4-5H2,1-3H3,(H,13,17)(H3,12,14,15,16). The van der Waals surface area contributed by atoms with Gasteiger partial charge in [0.05, 0.1) is 0 Å². The Bertz CT molecular complexity index is 391. The fraction of sp³-hybridized carbons (Fsp3) is 0.545. The number of nitrogen functional groups attached to an aromatic ring is 1. The molecule has 0 aliphatic heterocycles. The molecule has 0 saturated carbocycles. The lowest BCUT2D eigenvalue weighted by atomic mass is 10.0. The van der Waals surface area contributed by atoms with Crippen molar-refractivity contribution in [3.8, 4) is 0 Å². The van der Waals surface area contributed by atoms with Crippen LogP contribution in [0.5, 0.6) is 0 Å². The highest BCUT2D eigenvalue weighted by Gasteiger charge is 2.12. The highest BCUT2D eigenvalue weighted by atomic mass is 16.1. The van der Waals surface area contributed by atoms with E-state index in [1.54, 1.807) is 0 Å². The van der Waals surface area contributed by atoms with Gasteiger partial charge in [0.1, 0.15) is 18.0 Å².